The summed E-state index contributed by atoms with van der Waals surface area (Å²) in [5.74, 6) is 1.73. The largest absolute Gasteiger partial charge is 0.493 e. The lowest BCUT2D eigenvalue weighted by Crippen LogP contribution is -2.42. The molecule has 1 saturated heterocycles. The van der Waals surface area contributed by atoms with Gasteiger partial charge in [-0.15, -0.1) is 5.10 Å². The van der Waals surface area contributed by atoms with Crippen LogP contribution < -0.4 is 9.47 Å². The molecule has 0 bridgehead atoms. The van der Waals surface area contributed by atoms with Crippen molar-refractivity contribution in [2.75, 3.05) is 33.9 Å². The molecule has 0 radical (unpaired) electrons. The summed E-state index contributed by atoms with van der Waals surface area (Å²) in [6.45, 7) is 5.06. The van der Waals surface area contributed by atoms with E-state index < -0.39 is 0 Å². The molecule has 130 valence electrons. The van der Waals surface area contributed by atoms with Crippen molar-refractivity contribution in [3.05, 3.63) is 23.0 Å². The zero-order valence-corrected chi connectivity index (χ0v) is 14.8. The summed E-state index contributed by atoms with van der Waals surface area (Å²) in [6.07, 6.45) is 0.213. The van der Waals surface area contributed by atoms with Gasteiger partial charge >= 0.3 is 0 Å². The van der Waals surface area contributed by atoms with Crippen LogP contribution in [0.4, 0.5) is 0 Å². The molecule has 8 heteroatoms. The smallest absolute Gasteiger partial charge is 0.288 e. The summed E-state index contributed by atoms with van der Waals surface area (Å²) in [6, 6.07) is 5.50. The van der Waals surface area contributed by atoms with Gasteiger partial charge in [-0.1, -0.05) is 0 Å². The Morgan fingerprint density at radius 3 is 2.79 bits per heavy atom. The molecule has 3 rings (SSSR count). The molecule has 0 N–H and O–H groups in total. The minimum absolute atomic E-state index is 0.213. The van der Waals surface area contributed by atoms with Crippen LogP contribution >= 0.6 is 12.2 Å². The number of hydrogen-bond donors (Lipinski definition) is 0. The SMILES string of the molecule is COc1ccc(-c2nn(CN3CCOC(C)C3)c(=S)o2)cc1OC. The van der Waals surface area contributed by atoms with Crippen LogP contribution in [0.25, 0.3) is 11.5 Å². The molecule has 0 spiro atoms. The van der Waals surface area contributed by atoms with E-state index in [4.69, 9.17) is 30.8 Å². The summed E-state index contributed by atoms with van der Waals surface area (Å²) >= 11 is 5.30. The van der Waals surface area contributed by atoms with Crippen molar-refractivity contribution in [3.8, 4) is 23.0 Å². The summed E-state index contributed by atoms with van der Waals surface area (Å²) in [4.78, 5) is 2.59. The van der Waals surface area contributed by atoms with Gasteiger partial charge < -0.3 is 18.6 Å². The Morgan fingerprint density at radius 1 is 1.29 bits per heavy atom. The fourth-order valence-electron chi connectivity index (χ4n) is 2.69. The third-order valence-corrected chi connectivity index (χ3v) is 4.19. The molecule has 24 heavy (non-hydrogen) atoms. The lowest BCUT2D eigenvalue weighted by Gasteiger charge is -2.30. The molecule has 2 heterocycles. The van der Waals surface area contributed by atoms with Crippen LogP contribution in [0.3, 0.4) is 0 Å². The van der Waals surface area contributed by atoms with Gasteiger partial charge in [0.2, 0.25) is 5.89 Å². The first-order chi connectivity index (χ1) is 11.6. The van der Waals surface area contributed by atoms with Crippen molar-refractivity contribution in [2.24, 2.45) is 0 Å². The molecule has 1 aromatic heterocycles. The highest BCUT2D eigenvalue weighted by atomic mass is 32.1. The summed E-state index contributed by atoms with van der Waals surface area (Å²) in [5.41, 5.74) is 0.785. The maximum Gasteiger partial charge on any atom is 0.288 e. The molecule has 0 amide bonds. The van der Waals surface area contributed by atoms with E-state index >= 15 is 0 Å². The second-order valence-corrected chi connectivity index (χ2v) is 5.99. The lowest BCUT2D eigenvalue weighted by molar-refractivity contribution is -0.0309. The maximum atomic E-state index is 5.65. The predicted octanol–water partition coefficient (Wildman–Crippen LogP) is 2.57. The summed E-state index contributed by atoms with van der Waals surface area (Å²) in [7, 11) is 3.19. The quantitative estimate of drug-likeness (QED) is 0.767. The molecule has 1 atom stereocenters. The monoisotopic (exact) mass is 351 g/mol. The van der Waals surface area contributed by atoms with E-state index in [2.05, 4.69) is 16.9 Å². The Labute approximate surface area is 145 Å². The first kappa shape index (κ1) is 16.9. The molecule has 7 nitrogen and oxygen atoms in total. The number of ether oxygens (including phenoxy) is 3. The Kier molecular flexibility index (Phi) is 5.17. The standard InChI is InChI=1S/C16H21N3O4S/c1-11-9-18(6-7-22-11)10-19-16(24)23-15(17-19)12-4-5-13(20-2)14(8-12)21-3/h4-5,8,11H,6-7,9-10H2,1-3H3. The van der Waals surface area contributed by atoms with Crippen LogP contribution in [0, 0.1) is 4.84 Å². The van der Waals surface area contributed by atoms with Gasteiger partial charge in [0, 0.05) is 18.7 Å². The Morgan fingerprint density at radius 2 is 2.08 bits per heavy atom. The van der Waals surface area contributed by atoms with Gasteiger partial charge in [-0.2, -0.15) is 0 Å². The van der Waals surface area contributed by atoms with Crippen LogP contribution in [-0.2, 0) is 11.4 Å². The fourth-order valence-corrected chi connectivity index (χ4v) is 2.87. The molecule has 2 aromatic rings. The van der Waals surface area contributed by atoms with Gasteiger partial charge in [-0.3, -0.25) is 4.90 Å². The minimum atomic E-state index is 0.213. The maximum absolute atomic E-state index is 5.65. The minimum Gasteiger partial charge on any atom is -0.493 e. The van der Waals surface area contributed by atoms with Gasteiger partial charge in [0.25, 0.3) is 4.84 Å². The van der Waals surface area contributed by atoms with E-state index in [1.165, 1.54) is 0 Å². The predicted molar refractivity (Wildman–Crippen MR) is 90.9 cm³/mol. The Balaban J connectivity index is 1.82. The number of nitrogens with zero attached hydrogens (tertiary/aromatic N) is 3. The third kappa shape index (κ3) is 3.61. The highest BCUT2D eigenvalue weighted by Crippen LogP contribution is 2.31. The van der Waals surface area contributed by atoms with Crippen LogP contribution in [0.5, 0.6) is 11.5 Å². The van der Waals surface area contributed by atoms with Gasteiger partial charge in [0.15, 0.2) is 11.5 Å². The van der Waals surface area contributed by atoms with Crippen molar-refractivity contribution in [3.63, 3.8) is 0 Å². The van der Waals surface area contributed by atoms with Crippen molar-refractivity contribution in [2.45, 2.75) is 19.7 Å². The van der Waals surface area contributed by atoms with Crippen molar-refractivity contribution in [1.82, 2.24) is 14.7 Å². The van der Waals surface area contributed by atoms with Gasteiger partial charge in [0.05, 0.1) is 33.6 Å². The first-order valence-corrected chi connectivity index (χ1v) is 8.16. The van der Waals surface area contributed by atoms with E-state index in [0.29, 0.717) is 28.9 Å². The van der Waals surface area contributed by atoms with E-state index in [1.807, 2.05) is 18.2 Å². The topological polar surface area (TPSA) is 61.9 Å². The lowest BCUT2D eigenvalue weighted by atomic mass is 10.2. The van der Waals surface area contributed by atoms with Gasteiger partial charge in [-0.25, -0.2) is 4.68 Å². The average Bonchev–Trinajstić information content (AvgIpc) is 2.95. The molecule has 1 unspecified atom stereocenters. The summed E-state index contributed by atoms with van der Waals surface area (Å²) in [5, 5.41) is 4.50. The number of methoxy groups -OCH3 is 2. The van der Waals surface area contributed by atoms with Crippen LogP contribution in [-0.4, -0.2) is 54.7 Å². The van der Waals surface area contributed by atoms with E-state index in [0.717, 1.165) is 25.3 Å². The number of aromatic nitrogens is 2. The number of morpholine rings is 1. The van der Waals surface area contributed by atoms with Crippen molar-refractivity contribution >= 4 is 12.2 Å². The molecule has 0 aliphatic carbocycles. The van der Waals surface area contributed by atoms with Gasteiger partial charge in [-0.05, 0) is 37.3 Å². The molecule has 1 aromatic carbocycles. The highest BCUT2D eigenvalue weighted by Gasteiger charge is 2.19. The normalized spacial score (nSPS) is 18.5. The molecular formula is C16H21N3O4S. The second kappa shape index (κ2) is 7.33. The Bertz CT molecular complexity index is 758. The van der Waals surface area contributed by atoms with E-state index in [1.54, 1.807) is 18.9 Å². The molecule has 0 saturated carbocycles. The van der Waals surface area contributed by atoms with Crippen LogP contribution in [0.15, 0.2) is 22.6 Å². The highest BCUT2D eigenvalue weighted by molar-refractivity contribution is 7.71. The average molecular weight is 351 g/mol. The zero-order chi connectivity index (χ0) is 17.1. The number of hydrogen-bond acceptors (Lipinski definition) is 7. The van der Waals surface area contributed by atoms with Crippen molar-refractivity contribution < 1.29 is 18.6 Å². The fraction of sp³-hybridized carbons (Fsp3) is 0.500. The third-order valence-electron chi connectivity index (χ3n) is 3.90. The summed E-state index contributed by atoms with van der Waals surface area (Å²) < 4.78 is 23.5. The molecule has 1 aliphatic heterocycles. The van der Waals surface area contributed by atoms with Crippen LogP contribution in [0.1, 0.15) is 6.92 Å². The van der Waals surface area contributed by atoms with Gasteiger partial charge in [0.1, 0.15) is 0 Å². The van der Waals surface area contributed by atoms with Crippen LogP contribution in [0.2, 0.25) is 0 Å². The number of rotatable bonds is 5. The first-order valence-electron chi connectivity index (χ1n) is 7.75. The zero-order valence-electron chi connectivity index (χ0n) is 14.0. The second-order valence-electron chi connectivity index (χ2n) is 5.64. The molecule has 1 aliphatic rings. The van der Waals surface area contributed by atoms with Crippen molar-refractivity contribution in [1.29, 1.82) is 0 Å². The van der Waals surface area contributed by atoms with E-state index in [9.17, 15) is 0 Å². The Hall–Kier alpha value is -1.90. The van der Waals surface area contributed by atoms with E-state index in [-0.39, 0.29) is 6.10 Å². The molecular weight excluding hydrogens is 330 g/mol. The molecule has 1 fully saturated rings. The number of benzene rings is 1.